The summed E-state index contributed by atoms with van der Waals surface area (Å²) in [6.45, 7) is 2.17. The van der Waals surface area contributed by atoms with Crippen molar-refractivity contribution in [3.63, 3.8) is 0 Å². The molecule has 1 aromatic rings. The average molecular weight is 159 g/mol. The van der Waals surface area contributed by atoms with E-state index in [0.29, 0.717) is 0 Å². The van der Waals surface area contributed by atoms with Crippen molar-refractivity contribution in [3.8, 4) is 0 Å². The summed E-state index contributed by atoms with van der Waals surface area (Å²) in [4.78, 5) is 0. The van der Waals surface area contributed by atoms with E-state index in [9.17, 15) is 0 Å². The van der Waals surface area contributed by atoms with Gasteiger partial charge in [-0.2, -0.15) is 0 Å². The zero-order chi connectivity index (χ0) is 8.55. The number of aromatic nitrogens is 1. The van der Waals surface area contributed by atoms with Crippen molar-refractivity contribution < 1.29 is 0 Å². The van der Waals surface area contributed by atoms with Crippen molar-refractivity contribution in [1.29, 1.82) is 0 Å². The van der Waals surface area contributed by atoms with Crippen LogP contribution in [-0.4, -0.2) is 4.57 Å². The molecule has 0 amide bonds. The minimum absolute atomic E-state index is 1.08. The molecule has 62 valence electrons. The molecular formula is C11H13N. The van der Waals surface area contributed by atoms with Crippen LogP contribution in [-0.2, 0) is 7.05 Å². The van der Waals surface area contributed by atoms with Gasteiger partial charge in [0.05, 0.1) is 0 Å². The maximum absolute atomic E-state index is 2.26. The number of allylic oxidation sites excluding steroid dienone is 2. The van der Waals surface area contributed by atoms with Crippen LogP contribution in [0.25, 0.3) is 12.2 Å². The molecule has 0 saturated carbocycles. The van der Waals surface area contributed by atoms with Crippen LogP contribution in [0, 0.1) is 0 Å². The summed E-state index contributed by atoms with van der Waals surface area (Å²) in [6.07, 6.45) is 9.86. The number of hydrogen-bond donors (Lipinski definition) is 0. The fourth-order valence-corrected chi connectivity index (χ4v) is 1.58. The van der Waals surface area contributed by atoms with Gasteiger partial charge in [0.1, 0.15) is 0 Å². The quantitative estimate of drug-likeness (QED) is 0.548. The van der Waals surface area contributed by atoms with E-state index in [-0.39, 0.29) is 0 Å². The Bertz CT molecular complexity index is 353. The van der Waals surface area contributed by atoms with E-state index in [1.807, 2.05) is 0 Å². The third kappa shape index (κ3) is 1.11. The highest BCUT2D eigenvalue weighted by atomic mass is 14.9. The topological polar surface area (TPSA) is 4.93 Å². The van der Waals surface area contributed by atoms with Crippen LogP contribution in [0.5, 0.6) is 0 Å². The van der Waals surface area contributed by atoms with Crippen LogP contribution < -0.4 is 0 Å². The van der Waals surface area contributed by atoms with E-state index >= 15 is 0 Å². The molecule has 1 nitrogen and oxygen atoms in total. The largest absolute Gasteiger partial charge is 0.351 e. The molecule has 0 aromatic carbocycles. The Morgan fingerprint density at radius 1 is 1.42 bits per heavy atom. The molecule has 1 aromatic heterocycles. The molecule has 0 saturated heterocycles. The minimum Gasteiger partial charge on any atom is -0.351 e. The molecule has 2 rings (SSSR count). The first-order valence-electron chi connectivity index (χ1n) is 4.26. The average Bonchev–Trinajstić information content (AvgIpc) is 2.31. The Labute approximate surface area is 73.0 Å². The normalized spacial score (nSPS) is 15.3. The first-order chi connectivity index (χ1) is 5.77. The zero-order valence-electron chi connectivity index (χ0n) is 7.54. The molecule has 0 radical (unpaired) electrons. The van der Waals surface area contributed by atoms with Gasteiger partial charge in [0.15, 0.2) is 0 Å². The third-order valence-corrected chi connectivity index (χ3v) is 2.27. The zero-order valence-corrected chi connectivity index (χ0v) is 7.54. The lowest BCUT2D eigenvalue weighted by atomic mass is 10.2. The van der Waals surface area contributed by atoms with Crippen LogP contribution >= 0.6 is 0 Å². The van der Waals surface area contributed by atoms with Crippen LogP contribution in [0.15, 0.2) is 23.9 Å². The number of rotatable bonds is 0. The van der Waals surface area contributed by atoms with Crippen LogP contribution in [0.4, 0.5) is 0 Å². The summed E-state index contributed by atoms with van der Waals surface area (Å²) < 4.78 is 2.15. The van der Waals surface area contributed by atoms with Crippen molar-refractivity contribution in [2.45, 2.75) is 13.3 Å². The van der Waals surface area contributed by atoms with Crippen LogP contribution in [0.2, 0.25) is 0 Å². The van der Waals surface area contributed by atoms with E-state index in [1.165, 1.54) is 16.8 Å². The van der Waals surface area contributed by atoms with Gasteiger partial charge in [-0.1, -0.05) is 17.7 Å². The summed E-state index contributed by atoms with van der Waals surface area (Å²) in [5.74, 6) is 0. The molecule has 1 heteroatoms. The number of hydrogen-bond acceptors (Lipinski definition) is 0. The monoisotopic (exact) mass is 159 g/mol. The van der Waals surface area contributed by atoms with E-state index in [0.717, 1.165) is 6.42 Å². The second-order valence-electron chi connectivity index (χ2n) is 3.36. The minimum atomic E-state index is 1.08. The highest BCUT2D eigenvalue weighted by Crippen LogP contribution is 2.20. The Balaban J connectivity index is 2.59. The van der Waals surface area contributed by atoms with E-state index in [2.05, 4.69) is 49.0 Å². The Hall–Kier alpha value is -1.24. The van der Waals surface area contributed by atoms with Crippen molar-refractivity contribution >= 4 is 12.2 Å². The fourth-order valence-electron chi connectivity index (χ4n) is 1.58. The standard InChI is InChI=1S/C11H13N/c1-9-4-3-5-11-10(8-9)6-7-12(11)2/h3,5-8H,4H2,1-2H3. The van der Waals surface area contributed by atoms with Crippen molar-refractivity contribution in [1.82, 2.24) is 4.57 Å². The molecule has 0 fully saturated rings. The fraction of sp³-hybridized carbons (Fsp3) is 0.273. The van der Waals surface area contributed by atoms with Gasteiger partial charge in [-0.25, -0.2) is 0 Å². The molecule has 0 spiro atoms. The lowest BCUT2D eigenvalue weighted by Crippen LogP contribution is -1.88. The molecule has 0 atom stereocenters. The molecular weight excluding hydrogens is 146 g/mol. The van der Waals surface area contributed by atoms with E-state index in [4.69, 9.17) is 0 Å². The summed E-state index contributed by atoms with van der Waals surface area (Å²) in [5, 5.41) is 0. The third-order valence-electron chi connectivity index (χ3n) is 2.27. The van der Waals surface area contributed by atoms with Crippen molar-refractivity contribution in [3.05, 3.63) is 35.2 Å². The van der Waals surface area contributed by atoms with Gasteiger partial charge >= 0.3 is 0 Å². The number of aryl methyl sites for hydroxylation is 1. The molecule has 0 N–H and O–H groups in total. The number of fused-ring (bicyclic) bond motifs is 1. The molecule has 1 heterocycles. The summed E-state index contributed by atoms with van der Waals surface area (Å²) in [7, 11) is 2.08. The number of nitrogens with zero attached hydrogens (tertiary/aromatic N) is 1. The predicted octanol–water partition coefficient (Wildman–Crippen LogP) is 2.85. The molecule has 1 aliphatic carbocycles. The maximum Gasteiger partial charge on any atom is 0.0474 e. The van der Waals surface area contributed by atoms with Gasteiger partial charge in [-0.3, -0.25) is 0 Å². The SMILES string of the molecule is CC1=Cc2ccn(C)c2C=CC1. The highest BCUT2D eigenvalue weighted by molar-refractivity contribution is 5.67. The Morgan fingerprint density at radius 2 is 2.25 bits per heavy atom. The van der Waals surface area contributed by atoms with Gasteiger partial charge in [0, 0.05) is 18.9 Å². The van der Waals surface area contributed by atoms with Gasteiger partial charge in [-0.05, 0) is 31.1 Å². The van der Waals surface area contributed by atoms with Crippen LogP contribution in [0.3, 0.4) is 0 Å². The van der Waals surface area contributed by atoms with Crippen LogP contribution in [0.1, 0.15) is 24.6 Å². The van der Waals surface area contributed by atoms with Gasteiger partial charge in [0.25, 0.3) is 0 Å². The second-order valence-corrected chi connectivity index (χ2v) is 3.36. The predicted molar refractivity (Wildman–Crippen MR) is 52.7 cm³/mol. The second kappa shape index (κ2) is 2.67. The van der Waals surface area contributed by atoms with Gasteiger partial charge in [-0.15, -0.1) is 0 Å². The molecule has 0 aliphatic heterocycles. The molecule has 12 heavy (non-hydrogen) atoms. The summed E-state index contributed by atoms with van der Waals surface area (Å²) in [6, 6.07) is 2.16. The Morgan fingerprint density at radius 3 is 3.08 bits per heavy atom. The maximum atomic E-state index is 2.26. The highest BCUT2D eigenvalue weighted by Gasteiger charge is 2.03. The first-order valence-corrected chi connectivity index (χ1v) is 4.26. The van der Waals surface area contributed by atoms with E-state index < -0.39 is 0 Å². The first kappa shape index (κ1) is 7.41. The van der Waals surface area contributed by atoms with Gasteiger partial charge in [0.2, 0.25) is 0 Å². The van der Waals surface area contributed by atoms with Crippen molar-refractivity contribution in [2.24, 2.45) is 7.05 Å². The Kier molecular flexibility index (Phi) is 1.65. The molecule has 0 bridgehead atoms. The lowest BCUT2D eigenvalue weighted by Gasteiger charge is -1.96. The smallest absolute Gasteiger partial charge is 0.0474 e. The van der Waals surface area contributed by atoms with Crippen molar-refractivity contribution in [2.75, 3.05) is 0 Å². The lowest BCUT2D eigenvalue weighted by molar-refractivity contribution is 0.914. The van der Waals surface area contributed by atoms with E-state index in [1.54, 1.807) is 0 Å². The summed E-state index contributed by atoms with van der Waals surface area (Å²) in [5.41, 5.74) is 4.08. The summed E-state index contributed by atoms with van der Waals surface area (Å²) >= 11 is 0. The molecule has 0 unspecified atom stereocenters. The molecule has 1 aliphatic rings. The van der Waals surface area contributed by atoms with Gasteiger partial charge < -0.3 is 4.57 Å².